The molecule has 0 spiro atoms. The summed E-state index contributed by atoms with van der Waals surface area (Å²) in [7, 11) is 1.92. The Morgan fingerprint density at radius 1 is 1.20 bits per heavy atom. The zero-order chi connectivity index (χ0) is 18.6. The van der Waals surface area contributed by atoms with Crippen LogP contribution in [0.25, 0.3) is 0 Å². The Morgan fingerprint density at radius 3 is 2.44 bits per heavy atom. The van der Waals surface area contributed by atoms with Gasteiger partial charge in [-0.25, -0.2) is 4.79 Å². The molecule has 1 heterocycles. The minimum atomic E-state index is -0.391. The van der Waals surface area contributed by atoms with Gasteiger partial charge in [0.1, 0.15) is 0 Å². The van der Waals surface area contributed by atoms with E-state index in [9.17, 15) is 9.59 Å². The first-order valence-corrected chi connectivity index (χ1v) is 8.51. The molecule has 0 fully saturated rings. The maximum Gasteiger partial charge on any atom is 0.340 e. The number of aryl methyl sites for hydroxylation is 1. The Labute approximate surface area is 149 Å². The first kappa shape index (κ1) is 18.9. The number of hydrogen-bond donors (Lipinski definition) is 1. The van der Waals surface area contributed by atoms with Gasteiger partial charge in [0.15, 0.2) is 5.78 Å². The van der Waals surface area contributed by atoms with Crippen LogP contribution in [0.1, 0.15) is 51.5 Å². The maximum absolute atomic E-state index is 12.9. The first-order valence-electron chi connectivity index (χ1n) is 8.51. The van der Waals surface area contributed by atoms with E-state index in [-0.39, 0.29) is 11.8 Å². The van der Waals surface area contributed by atoms with E-state index in [0.29, 0.717) is 35.7 Å². The van der Waals surface area contributed by atoms with Crippen molar-refractivity contribution in [1.29, 1.82) is 0 Å². The Bertz CT molecular complexity index is 750. The zero-order valence-electron chi connectivity index (χ0n) is 15.6. The van der Waals surface area contributed by atoms with Crippen LogP contribution in [0, 0.1) is 13.8 Å². The molecule has 1 N–H and O–H groups in total. The summed E-state index contributed by atoms with van der Waals surface area (Å²) in [4.78, 5) is 30.1. The van der Waals surface area contributed by atoms with Crippen molar-refractivity contribution in [1.82, 2.24) is 9.88 Å². The standard InChI is InChI=1S/C20H26N2O3/c1-6-25-20(24)17-13(2)18(21-14(17)3)19(23)15(4)22(5)12-16-10-8-7-9-11-16/h7-11,15,21H,6,12H2,1-5H3/t15-/m1/s1. The topological polar surface area (TPSA) is 62.4 Å². The summed E-state index contributed by atoms with van der Waals surface area (Å²) < 4.78 is 5.09. The minimum Gasteiger partial charge on any atom is -0.462 e. The number of ether oxygens (including phenoxy) is 1. The fraction of sp³-hybridized carbons (Fsp3) is 0.400. The highest BCUT2D eigenvalue weighted by molar-refractivity contribution is 6.03. The number of aromatic amines is 1. The van der Waals surface area contributed by atoms with Crippen molar-refractivity contribution in [3.63, 3.8) is 0 Å². The quantitative estimate of drug-likeness (QED) is 0.618. The highest BCUT2D eigenvalue weighted by Gasteiger charge is 2.27. The fourth-order valence-electron chi connectivity index (χ4n) is 2.92. The van der Waals surface area contributed by atoms with Crippen molar-refractivity contribution in [2.45, 2.75) is 40.3 Å². The number of carbonyl (C=O) groups is 2. The Hall–Kier alpha value is -2.40. The van der Waals surface area contributed by atoms with Crippen LogP contribution in [0.3, 0.4) is 0 Å². The number of rotatable bonds is 7. The Morgan fingerprint density at radius 2 is 1.84 bits per heavy atom. The van der Waals surface area contributed by atoms with Gasteiger partial charge < -0.3 is 9.72 Å². The lowest BCUT2D eigenvalue weighted by atomic mass is 10.0. The Balaban J connectivity index is 2.19. The number of aromatic nitrogens is 1. The summed E-state index contributed by atoms with van der Waals surface area (Å²) in [5.41, 5.74) is 3.41. The largest absolute Gasteiger partial charge is 0.462 e. The lowest BCUT2D eigenvalue weighted by Crippen LogP contribution is -2.36. The normalized spacial score (nSPS) is 12.2. The lowest BCUT2D eigenvalue weighted by molar-refractivity contribution is 0.0525. The molecule has 0 aliphatic rings. The molecule has 0 aliphatic carbocycles. The molecule has 0 radical (unpaired) electrons. The third-order valence-electron chi connectivity index (χ3n) is 4.48. The number of likely N-dealkylation sites (N-methyl/N-ethyl adjacent to an activating group) is 1. The summed E-state index contributed by atoms with van der Waals surface area (Å²) in [6.45, 7) is 8.20. The zero-order valence-corrected chi connectivity index (χ0v) is 15.6. The van der Waals surface area contributed by atoms with Gasteiger partial charge in [-0.1, -0.05) is 30.3 Å². The summed E-state index contributed by atoms with van der Waals surface area (Å²) in [6.07, 6.45) is 0. The molecule has 0 unspecified atom stereocenters. The first-order chi connectivity index (χ1) is 11.9. The van der Waals surface area contributed by atoms with Crippen molar-refractivity contribution >= 4 is 11.8 Å². The summed E-state index contributed by atoms with van der Waals surface area (Å²) in [5.74, 6) is -0.423. The number of H-pyrrole nitrogens is 1. The molecule has 0 amide bonds. The van der Waals surface area contributed by atoms with E-state index in [0.717, 1.165) is 5.56 Å². The molecule has 0 bridgehead atoms. The molecular formula is C20H26N2O3. The van der Waals surface area contributed by atoms with Crippen LogP contribution >= 0.6 is 0 Å². The SMILES string of the molecule is CCOC(=O)c1c(C)[nH]c(C(=O)[C@@H](C)N(C)Cc2ccccc2)c1C. The van der Waals surface area contributed by atoms with Gasteiger partial charge in [0.25, 0.3) is 0 Å². The van der Waals surface area contributed by atoms with Gasteiger partial charge in [-0.15, -0.1) is 0 Å². The second-order valence-corrected chi connectivity index (χ2v) is 6.29. The molecule has 5 nitrogen and oxygen atoms in total. The molecule has 0 aliphatic heterocycles. The number of nitrogens with one attached hydrogen (secondary N) is 1. The van der Waals surface area contributed by atoms with Crippen molar-refractivity contribution < 1.29 is 14.3 Å². The highest BCUT2D eigenvalue weighted by atomic mass is 16.5. The van der Waals surface area contributed by atoms with Crippen LogP contribution in [-0.4, -0.2) is 41.3 Å². The lowest BCUT2D eigenvalue weighted by Gasteiger charge is -2.23. The second-order valence-electron chi connectivity index (χ2n) is 6.29. The molecule has 1 atom stereocenters. The van der Waals surface area contributed by atoms with E-state index >= 15 is 0 Å². The van der Waals surface area contributed by atoms with E-state index in [1.807, 2.05) is 49.2 Å². The average molecular weight is 342 g/mol. The number of ketones is 1. The van der Waals surface area contributed by atoms with Gasteiger partial charge in [-0.2, -0.15) is 0 Å². The van der Waals surface area contributed by atoms with Crippen molar-refractivity contribution in [3.05, 3.63) is 58.4 Å². The molecule has 5 heteroatoms. The molecule has 0 saturated carbocycles. The monoisotopic (exact) mass is 342 g/mol. The van der Waals surface area contributed by atoms with Crippen LogP contribution in [0.4, 0.5) is 0 Å². The molecule has 1 aromatic heterocycles. The third kappa shape index (κ3) is 4.17. The number of hydrogen-bond acceptors (Lipinski definition) is 4. The number of carbonyl (C=O) groups excluding carboxylic acids is 2. The van der Waals surface area contributed by atoms with Crippen LogP contribution in [-0.2, 0) is 11.3 Å². The van der Waals surface area contributed by atoms with Gasteiger partial charge in [0, 0.05) is 12.2 Å². The Kier molecular flexibility index (Phi) is 6.15. The fourth-order valence-corrected chi connectivity index (χ4v) is 2.92. The molecule has 134 valence electrons. The van der Waals surface area contributed by atoms with E-state index in [2.05, 4.69) is 4.98 Å². The number of benzene rings is 1. The maximum atomic E-state index is 12.9. The van der Waals surface area contributed by atoms with Gasteiger partial charge in [0.05, 0.1) is 23.9 Å². The van der Waals surface area contributed by atoms with E-state index in [1.54, 1.807) is 20.8 Å². The summed E-state index contributed by atoms with van der Waals surface area (Å²) in [5, 5.41) is 0. The predicted molar refractivity (Wildman–Crippen MR) is 97.9 cm³/mol. The van der Waals surface area contributed by atoms with E-state index in [1.165, 1.54) is 0 Å². The van der Waals surface area contributed by atoms with Gasteiger partial charge >= 0.3 is 5.97 Å². The van der Waals surface area contributed by atoms with Crippen molar-refractivity contribution in [3.8, 4) is 0 Å². The molecule has 2 rings (SSSR count). The van der Waals surface area contributed by atoms with Crippen LogP contribution in [0.15, 0.2) is 30.3 Å². The van der Waals surface area contributed by atoms with Crippen LogP contribution in [0.2, 0.25) is 0 Å². The van der Waals surface area contributed by atoms with Gasteiger partial charge in [0.2, 0.25) is 0 Å². The molecular weight excluding hydrogens is 316 g/mol. The minimum absolute atomic E-state index is 0.0328. The average Bonchev–Trinajstić information content (AvgIpc) is 2.89. The van der Waals surface area contributed by atoms with E-state index < -0.39 is 5.97 Å². The van der Waals surface area contributed by atoms with Crippen molar-refractivity contribution in [2.24, 2.45) is 0 Å². The van der Waals surface area contributed by atoms with Crippen molar-refractivity contribution in [2.75, 3.05) is 13.7 Å². The number of nitrogens with zero attached hydrogens (tertiary/aromatic N) is 1. The summed E-state index contributed by atoms with van der Waals surface area (Å²) in [6, 6.07) is 9.71. The second kappa shape index (κ2) is 8.12. The molecule has 25 heavy (non-hydrogen) atoms. The van der Waals surface area contributed by atoms with E-state index in [4.69, 9.17) is 4.74 Å². The van der Waals surface area contributed by atoms with Crippen LogP contribution < -0.4 is 0 Å². The number of esters is 1. The summed E-state index contributed by atoms with van der Waals surface area (Å²) >= 11 is 0. The number of Topliss-reactive ketones (excluding diaryl/α,β-unsaturated/α-hetero) is 1. The third-order valence-corrected chi connectivity index (χ3v) is 4.48. The molecule has 0 saturated heterocycles. The van der Waals surface area contributed by atoms with Gasteiger partial charge in [-0.3, -0.25) is 9.69 Å². The molecule has 2 aromatic rings. The molecule has 1 aromatic carbocycles. The van der Waals surface area contributed by atoms with Gasteiger partial charge in [-0.05, 0) is 45.9 Å². The highest BCUT2D eigenvalue weighted by Crippen LogP contribution is 2.21. The predicted octanol–water partition coefficient (Wildman–Crippen LogP) is 3.51. The smallest absolute Gasteiger partial charge is 0.340 e. The van der Waals surface area contributed by atoms with Crippen LogP contribution in [0.5, 0.6) is 0 Å².